The molecule has 1 saturated heterocycles. The Hall–Kier alpha value is -3.46. The summed E-state index contributed by atoms with van der Waals surface area (Å²) in [5.74, 6) is 0.720. The summed E-state index contributed by atoms with van der Waals surface area (Å²) in [6.07, 6.45) is 2.54. The molecule has 0 N–H and O–H groups in total. The first-order valence-electron chi connectivity index (χ1n) is 10.5. The van der Waals surface area contributed by atoms with Gasteiger partial charge < -0.3 is 9.80 Å². The molecule has 3 aromatic heterocycles. The molecule has 1 aliphatic heterocycles. The van der Waals surface area contributed by atoms with Gasteiger partial charge in [0.1, 0.15) is 6.04 Å². The molecule has 1 unspecified atom stereocenters. The van der Waals surface area contributed by atoms with Crippen molar-refractivity contribution < 1.29 is 0 Å². The largest absolute Gasteiger partial charge is 0.368 e. The fraction of sp³-hybridized carbons (Fsp3) is 0.364. The zero-order valence-corrected chi connectivity index (χ0v) is 17.6. The summed E-state index contributed by atoms with van der Waals surface area (Å²) in [5.41, 5.74) is 4.49. The van der Waals surface area contributed by atoms with Gasteiger partial charge in [-0.25, -0.2) is 0 Å². The highest BCUT2D eigenvalue weighted by molar-refractivity contribution is 5.82. The maximum absolute atomic E-state index is 10.9. The summed E-state index contributed by atoms with van der Waals surface area (Å²) in [5, 5.41) is 17.2. The first kappa shape index (κ1) is 19.5. The Morgan fingerprint density at radius 1 is 1.06 bits per heavy atom. The van der Waals surface area contributed by atoms with Crippen LogP contribution in [0.15, 0.2) is 47.8 Å². The number of aromatic nitrogens is 5. The van der Waals surface area contributed by atoms with Gasteiger partial charge in [0.2, 0.25) is 0 Å². The van der Waals surface area contributed by atoms with E-state index < -0.39 is 6.04 Å². The second kappa shape index (κ2) is 7.99. The summed E-state index contributed by atoms with van der Waals surface area (Å²) in [7, 11) is 2.16. The number of anilines is 1. The molecule has 1 fully saturated rings. The molecule has 1 atom stereocenters. The van der Waals surface area contributed by atoms with E-state index in [1.54, 1.807) is 17.5 Å². The molecule has 0 bridgehead atoms. The van der Waals surface area contributed by atoms with Crippen LogP contribution in [0.1, 0.15) is 30.0 Å². The zero-order valence-electron chi connectivity index (χ0n) is 17.6. The fourth-order valence-corrected chi connectivity index (χ4v) is 3.93. The average molecular weight is 416 g/mol. The maximum Gasteiger partial charge on any atom is 0.177 e. The predicted octanol–water partition coefficient (Wildman–Crippen LogP) is 2.84. The number of hydrogen-bond acceptors (Lipinski definition) is 8. The van der Waals surface area contributed by atoms with E-state index in [1.165, 1.54) is 0 Å². The van der Waals surface area contributed by atoms with Crippen molar-refractivity contribution in [3.63, 3.8) is 0 Å². The van der Waals surface area contributed by atoms with Crippen LogP contribution in [0.2, 0.25) is 0 Å². The van der Waals surface area contributed by atoms with Gasteiger partial charge in [-0.2, -0.15) is 14.5 Å². The smallest absolute Gasteiger partial charge is 0.177 e. The van der Waals surface area contributed by atoms with Crippen LogP contribution >= 0.6 is 0 Å². The zero-order chi connectivity index (χ0) is 21.4. The van der Waals surface area contributed by atoms with Gasteiger partial charge in [0.15, 0.2) is 11.5 Å². The van der Waals surface area contributed by atoms with Gasteiger partial charge in [-0.05, 0) is 49.9 Å². The van der Waals surface area contributed by atoms with E-state index in [0.29, 0.717) is 17.8 Å². The Kier molecular flexibility index (Phi) is 5.03. The summed E-state index contributed by atoms with van der Waals surface area (Å²) in [4.78, 5) is 20.3. The molecule has 4 heterocycles. The summed E-state index contributed by atoms with van der Waals surface area (Å²) < 4.78 is 1.69. The van der Waals surface area contributed by atoms with E-state index in [1.807, 2.05) is 18.3 Å². The number of pyridine rings is 1. The third-order valence-electron chi connectivity index (χ3n) is 5.90. The van der Waals surface area contributed by atoms with Gasteiger partial charge in [0, 0.05) is 38.0 Å². The molecule has 1 aromatic carbocycles. The van der Waals surface area contributed by atoms with Crippen molar-refractivity contribution in [3.8, 4) is 0 Å². The highest BCUT2D eigenvalue weighted by Gasteiger charge is 2.16. The molecule has 4 aromatic rings. The summed E-state index contributed by atoms with van der Waals surface area (Å²) >= 11 is 0. The predicted molar refractivity (Wildman–Crippen MR) is 119 cm³/mol. The lowest BCUT2D eigenvalue weighted by Gasteiger charge is -2.33. The topological polar surface area (TPSA) is 91.9 Å². The lowest BCUT2D eigenvalue weighted by Crippen LogP contribution is -2.44. The number of nitroso groups, excluding NO2 is 1. The number of fused-ring (bicyclic) bond motifs is 2. The van der Waals surface area contributed by atoms with Crippen molar-refractivity contribution >= 4 is 22.2 Å². The molecule has 1 aliphatic rings. The van der Waals surface area contributed by atoms with Gasteiger partial charge in [0.25, 0.3) is 0 Å². The van der Waals surface area contributed by atoms with Crippen LogP contribution in [0, 0.1) is 4.91 Å². The van der Waals surface area contributed by atoms with Crippen LogP contribution in [0.4, 0.5) is 5.69 Å². The Morgan fingerprint density at radius 3 is 2.71 bits per heavy atom. The van der Waals surface area contributed by atoms with Crippen molar-refractivity contribution in [2.45, 2.75) is 19.4 Å². The Morgan fingerprint density at radius 2 is 1.90 bits per heavy atom. The van der Waals surface area contributed by atoms with E-state index in [2.05, 4.69) is 60.5 Å². The van der Waals surface area contributed by atoms with E-state index >= 15 is 0 Å². The molecule has 0 spiro atoms. The lowest BCUT2D eigenvalue weighted by atomic mass is 10.1. The molecular weight excluding hydrogens is 392 g/mol. The third kappa shape index (κ3) is 3.84. The molecule has 0 aliphatic carbocycles. The highest BCUT2D eigenvalue weighted by atomic mass is 16.3. The molecule has 31 heavy (non-hydrogen) atoms. The minimum absolute atomic E-state index is 0.514. The maximum atomic E-state index is 10.9. The SMILES string of the molecule is CC(N=O)c1ccc2nnc(Cc3ccc4ncc(N5CCN(C)CC5)cc4c3)n2n1. The lowest BCUT2D eigenvalue weighted by molar-refractivity contribution is 0.313. The number of likely N-dealkylation sites (N-methyl/N-ethyl adjacent to an activating group) is 1. The Labute approximate surface area is 179 Å². The van der Waals surface area contributed by atoms with Crippen LogP contribution in [0.3, 0.4) is 0 Å². The second-order valence-corrected chi connectivity index (χ2v) is 8.11. The molecule has 5 rings (SSSR count). The average Bonchev–Trinajstić information content (AvgIpc) is 3.20. The molecule has 158 valence electrons. The molecule has 9 heteroatoms. The van der Waals surface area contributed by atoms with Crippen LogP contribution in [0.5, 0.6) is 0 Å². The minimum Gasteiger partial charge on any atom is -0.368 e. The van der Waals surface area contributed by atoms with Crippen molar-refractivity contribution in [1.29, 1.82) is 0 Å². The molecular formula is C22H24N8O. The Balaban J connectivity index is 1.44. The third-order valence-corrected chi connectivity index (χ3v) is 5.90. The quantitative estimate of drug-likeness (QED) is 0.462. The van der Waals surface area contributed by atoms with E-state index in [9.17, 15) is 4.91 Å². The first-order chi connectivity index (χ1) is 15.1. The normalized spacial score (nSPS) is 16.1. The number of benzene rings is 1. The van der Waals surface area contributed by atoms with Crippen LogP contribution in [-0.2, 0) is 6.42 Å². The molecule has 0 saturated carbocycles. The fourth-order valence-electron chi connectivity index (χ4n) is 3.93. The van der Waals surface area contributed by atoms with Gasteiger partial charge in [-0.3, -0.25) is 4.98 Å². The van der Waals surface area contributed by atoms with Crippen molar-refractivity contribution in [2.24, 2.45) is 5.18 Å². The van der Waals surface area contributed by atoms with Gasteiger partial charge >= 0.3 is 0 Å². The molecule has 0 amide bonds. The minimum atomic E-state index is -0.514. The highest BCUT2D eigenvalue weighted by Crippen LogP contribution is 2.23. The van der Waals surface area contributed by atoms with Crippen molar-refractivity contribution in [1.82, 2.24) is 29.7 Å². The summed E-state index contributed by atoms with van der Waals surface area (Å²) in [6.45, 7) is 5.87. The van der Waals surface area contributed by atoms with Gasteiger partial charge in [-0.1, -0.05) is 11.2 Å². The monoisotopic (exact) mass is 416 g/mol. The van der Waals surface area contributed by atoms with E-state index in [4.69, 9.17) is 0 Å². The van der Waals surface area contributed by atoms with Crippen molar-refractivity contribution in [2.75, 3.05) is 38.1 Å². The second-order valence-electron chi connectivity index (χ2n) is 8.11. The standard InChI is InChI=1S/C22H24N8O/c1-15(27-31)19-5-6-21-24-25-22(30(21)26-19)12-16-3-4-20-17(11-16)13-18(14-23-20)29-9-7-28(2)8-10-29/h3-6,11,13-15H,7-10,12H2,1-2H3. The van der Waals surface area contributed by atoms with Crippen LogP contribution in [0.25, 0.3) is 16.6 Å². The number of nitrogens with zero attached hydrogens (tertiary/aromatic N) is 8. The van der Waals surface area contributed by atoms with E-state index in [-0.39, 0.29) is 0 Å². The van der Waals surface area contributed by atoms with Gasteiger partial charge in [0.05, 0.1) is 23.1 Å². The van der Waals surface area contributed by atoms with Gasteiger partial charge in [-0.15, -0.1) is 10.2 Å². The number of hydrogen-bond donors (Lipinski definition) is 0. The number of rotatable bonds is 5. The van der Waals surface area contributed by atoms with E-state index in [0.717, 1.165) is 54.2 Å². The first-order valence-corrected chi connectivity index (χ1v) is 10.5. The molecule has 9 nitrogen and oxygen atoms in total. The van der Waals surface area contributed by atoms with Crippen LogP contribution < -0.4 is 4.90 Å². The summed E-state index contributed by atoms with van der Waals surface area (Å²) in [6, 6.07) is 11.5. The van der Waals surface area contributed by atoms with Crippen LogP contribution in [-0.4, -0.2) is 62.9 Å². The molecule has 0 radical (unpaired) electrons. The number of piperazine rings is 1. The Bertz CT molecular complexity index is 1240. The van der Waals surface area contributed by atoms with Crippen molar-refractivity contribution in [3.05, 3.63) is 64.6 Å².